The van der Waals surface area contributed by atoms with Crippen LogP contribution in [0.2, 0.25) is 0 Å². The van der Waals surface area contributed by atoms with Gasteiger partial charge in [-0.15, -0.1) is 0 Å². The first-order valence-corrected chi connectivity index (χ1v) is 1.76. The molecule has 0 heterocycles. The van der Waals surface area contributed by atoms with Crippen LogP contribution in [0.1, 0.15) is 19.8 Å². The molecule has 0 radical (unpaired) electrons. The summed E-state index contributed by atoms with van der Waals surface area (Å²) in [5.41, 5.74) is 0. The summed E-state index contributed by atoms with van der Waals surface area (Å²) in [4.78, 5) is 9.28. The average molecular weight is 110 g/mol. The molecule has 0 aromatic carbocycles. The molecule has 1 nitrogen and oxygen atoms in total. The molecule has 0 aliphatic rings. The van der Waals surface area contributed by atoms with Gasteiger partial charge in [-0.3, -0.25) is 6.29 Å². The number of rotatable bonds is 2. The summed E-state index contributed by atoms with van der Waals surface area (Å²) in [7, 11) is 0. The number of carbonyl (C=O) groups excluding carboxylic acids is 1. The minimum atomic E-state index is 0. The predicted octanol–water partition coefficient (Wildman–Crippen LogP) is -2.10. The van der Waals surface area contributed by atoms with Crippen molar-refractivity contribution >= 4 is 6.29 Å². The van der Waals surface area contributed by atoms with Crippen LogP contribution in [-0.2, 0) is 4.79 Å². The molecule has 0 aliphatic heterocycles. The topological polar surface area (TPSA) is 17.1 Å². The Kier molecular flexibility index (Phi) is 16.5. The van der Waals surface area contributed by atoms with E-state index in [0.29, 0.717) is 6.42 Å². The van der Waals surface area contributed by atoms with Crippen LogP contribution in [0.5, 0.6) is 0 Å². The zero-order valence-corrected chi connectivity index (χ0v) is 7.45. The second kappa shape index (κ2) is 9.58. The first-order valence-electron chi connectivity index (χ1n) is 1.76. The van der Waals surface area contributed by atoms with E-state index in [0.717, 1.165) is 6.42 Å². The van der Waals surface area contributed by atoms with E-state index < -0.39 is 0 Å². The average Bonchev–Trinajstić information content (AvgIpc) is 1.41. The van der Waals surface area contributed by atoms with Crippen molar-refractivity contribution in [2.45, 2.75) is 19.8 Å². The molecule has 0 amide bonds. The van der Waals surface area contributed by atoms with Gasteiger partial charge in [-0.2, -0.15) is 6.42 Å². The zero-order chi connectivity index (χ0) is 4.12. The third kappa shape index (κ3) is 9.00. The number of hydrogen-bond acceptors (Lipinski definition) is 1. The molecule has 0 aliphatic carbocycles. The smallest absolute Gasteiger partial charge is 0.542 e. The Morgan fingerprint density at radius 2 is 2.17 bits per heavy atom. The quantitative estimate of drug-likeness (QED) is 0.294. The van der Waals surface area contributed by atoms with Gasteiger partial charge in [0, 0.05) is 0 Å². The molecule has 2 heteroatoms. The van der Waals surface area contributed by atoms with Crippen molar-refractivity contribution in [3.05, 3.63) is 0 Å². The maximum absolute atomic E-state index is 9.28. The van der Waals surface area contributed by atoms with E-state index in [1.807, 2.05) is 6.92 Å². The van der Waals surface area contributed by atoms with Gasteiger partial charge in [-0.05, 0) is 0 Å². The van der Waals surface area contributed by atoms with Crippen molar-refractivity contribution < 1.29 is 56.2 Å². The predicted molar refractivity (Wildman–Crippen MR) is 20.6 cm³/mol. The Hall–Kier alpha value is 1.31. The Labute approximate surface area is 80.9 Å². The standard InChI is InChI=1S/C4H7O.K/c1-2-3-4-5;/h2-3H2,1H3;/q-1;+1. The van der Waals surface area contributed by atoms with E-state index in [4.69, 9.17) is 0 Å². The molecule has 0 aromatic heterocycles. The fourth-order valence-corrected chi connectivity index (χ4v) is 0.102. The van der Waals surface area contributed by atoms with Crippen LogP contribution in [0.15, 0.2) is 0 Å². The van der Waals surface area contributed by atoms with Gasteiger partial charge in [0.25, 0.3) is 0 Å². The first kappa shape index (κ1) is 10.3. The summed E-state index contributed by atoms with van der Waals surface area (Å²) in [6.07, 6.45) is 3.27. The molecule has 0 fully saturated rings. The summed E-state index contributed by atoms with van der Waals surface area (Å²) in [6, 6.07) is 0. The van der Waals surface area contributed by atoms with Crippen LogP contribution in [0, 0.1) is 0 Å². The summed E-state index contributed by atoms with van der Waals surface area (Å²) < 4.78 is 0. The van der Waals surface area contributed by atoms with Crippen molar-refractivity contribution in [2.24, 2.45) is 0 Å². The van der Waals surface area contributed by atoms with Gasteiger partial charge >= 0.3 is 51.4 Å². The summed E-state index contributed by atoms with van der Waals surface area (Å²) in [5, 5.41) is 0. The molecule has 6 heavy (non-hydrogen) atoms. The maximum Gasteiger partial charge on any atom is 1.00 e. The largest absolute Gasteiger partial charge is 1.00 e. The van der Waals surface area contributed by atoms with Crippen LogP contribution in [0.25, 0.3) is 0 Å². The second-order valence-electron chi connectivity index (χ2n) is 0.894. The Morgan fingerprint density at radius 1 is 1.67 bits per heavy atom. The number of hydrogen-bond donors (Lipinski definition) is 0. The van der Waals surface area contributed by atoms with Gasteiger partial charge < -0.3 is 4.79 Å². The third-order valence-corrected chi connectivity index (χ3v) is 0.352. The van der Waals surface area contributed by atoms with Crippen molar-refractivity contribution in [3.63, 3.8) is 0 Å². The van der Waals surface area contributed by atoms with Crippen molar-refractivity contribution in [1.29, 1.82) is 0 Å². The van der Waals surface area contributed by atoms with Crippen molar-refractivity contribution in [3.8, 4) is 0 Å². The van der Waals surface area contributed by atoms with Crippen LogP contribution >= 0.6 is 0 Å². The van der Waals surface area contributed by atoms with Crippen LogP contribution in [0.4, 0.5) is 0 Å². The Bertz CT molecular complexity index is 28.7. The SMILES string of the molecule is CCC[C-]=O.[K+]. The minimum absolute atomic E-state index is 0. The molecule has 0 saturated carbocycles. The van der Waals surface area contributed by atoms with Crippen LogP contribution < -0.4 is 51.4 Å². The van der Waals surface area contributed by atoms with E-state index in [2.05, 4.69) is 0 Å². The molecular weight excluding hydrogens is 103 g/mol. The fourth-order valence-electron chi connectivity index (χ4n) is 0.102. The third-order valence-electron chi connectivity index (χ3n) is 0.352. The molecule has 0 aromatic rings. The Balaban J connectivity index is 0. The van der Waals surface area contributed by atoms with E-state index in [1.54, 1.807) is 6.29 Å². The van der Waals surface area contributed by atoms with Gasteiger partial charge in [0.15, 0.2) is 0 Å². The summed E-state index contributed by atoms with van der Waals surface area (Å²) in [6.45, 7) is 1.95. The monoisotopic (exact) mass is 110 g/mol. The molecule has 30 valence electrons. The Morgan fingerprint density at radius 3 is 2.17 bits per heavy atom. The first-order chi connectivity index (χ1) is 2.41. The molecular formula is C4H7KO. The van der Waals surface area contributed by atoms with E-state index >= 15 is 0 Å². The van der Waals surface area contributed by atoms with Gasteiger partial charge in [0.1, 0.15) is 0 Å². The zero-order valence-electron chi connectivity index (χ0n) is 4.32. The van der Waals surface area contributed by atoms with E-state index in [1.165, 1.54) is 0 Å². The van der Waals surface area contributed by atoms with Crippen molar-refractivity contribution in [1.82, 2.24) is 0 Å². The molecule has 0 rings (SSSR count). The molecule has 0 N–H and O–H groups in total. The van der Waals surface area contributed by atoms with Crippen LogP contribution in [0.3, 0.4) is 0 Å². The number of unbranched alkanes of at least 4 members (excludes halogenated alkanes) is 1. The van der Waals surface area contributed by atoms with Crippen molar-refractivity contribution in [2.75, 3.05) is 0 Å². The molecule has 0 spiro atoms. The maximum atomic E-state index is 9.28. The van der Waals surface area contributed by atoms with Crippen LogP contribution in [-0.4, -0.2) is 6.29 Å². The molecule has 0 atom stereocenters. The second-order valence-corrected chi connectivity index (χ2v) is 0.894. The molecule has 0 saturated heterocycles. The summed E-state index contributed by atoms with van der Waals surface area (Å²) in [5.74, 6) is 0. The summed E-state index contributed by atoms with van der Waals surface area (Å²) >= 11 is 0. The van der Waals surface area contributed by atoms with E-state index in [-0.39, 0.29) is 51.4 Å². The van der Waals surface area contributed by atoms with Gasteiger partial charge in [0.05, 0.1) is 0 Å². The van der Waals surface area contributed by atoms with Gasteiger partial charge in [-0.1, -0.05) is 13.3 Å². The van der Waals surface area contributed by atoms with E-state index in [9.17, 15) is 4.79 Å². The molecule has 0 unspecified atom stereocenters. The minimum Gasteiger partial charge on any atom is -0.542 e. The fraction of sp³-hybridized carbons (Fsp3) is 0.750. The molecule has 0 bridgehead atoms. The van der Waals surface area contributed by atoms with Gasteiger partial charge in [0.2, 0.25) is 0 Å². The normalized spacial score (nSPS) is 6.17. The van der Waals surface area contributed by atoms with Gasteiger partial charge in [-0.25, -0.2) is 0 Å².